The van der Waals surface area contributed by atoms with Crippen LogP contribution in [0.4, 0.5) is 11.4 Å². The van der Waals surface area contributed by atoms with Crippen LogP contribution in [0.25, 0.3) is 16.6 Å². The summed E-state index contributed by atoms with van der Waals surface area (Å²) in [4.78, 5) is 41.3. The first kappa shape index (κ1) is 24.0. The standard InChI is InChI=1S/C25H22N4O5S/c1-3-34-22-11-7-6-10-21(22)28-24(31)18-8-4-5-9-20(18)27-25(28)35-15-23(30)26-19-13-12-17(29(32)33)14-16(19)2/h4-14H,3,15H2,1-2H3,(H,26,30). The number of nitrogens with one attached hydrogen (secondary N) is 1. The third-order valence-electron chi connectivity index (χ3n) is 5.18. The number of aryl methyl sites for hydroxylation is 1. The Bertz CT molecular complexity index is 1480. The number of thioether (sulfide) groups is 1. The van der Waals surface area contributed by atoms with Crippen molar-refractivity contribution in [3.05, 3.63) is 92.8 Å². The van der Waals surface area contributed by atoms with Crippen LogP contribution >= 0.6 is 11.8 Å². The number of nitrogens with zero attached hydrogens (tertiary/aromatic N) is 3. The van der Waals surface area contributed by atoms with Crippen LogP contribution in [0.5, 0.6) is 5.75 Å². The molecule has 1 aromatic heterocycles. The highest BCUT2D eigenvalue weighted by atomic mass is 32.2. The Labute approximate surface area is 204 Å². The quantitative estimate of drug-likeness (QED) is 0.164. The number of carbonyl (C=O) groups excluding carboxylic acids is 1. The molecule has 4 rings (SSSR count). The van der Waals surface area contributed by atoms with E-state index in [0.29, 0.717) is 45.4 Å². The van der Waals surface area contributed by atoms with Crippen molar-refractivity contribution in [2.45, 2.75) is 19.0 Å². The lowest BCUT2D eigenvalue weighted by Crippen LogP contribution is -2.23. The van der Waals surface area contributed by atoms with E-state index in [9.17, 15) is 19.7 Å². The lowest BCUT2D eigenvalue weighted by Gasteiger charge is -2.16. The van der Waals surface area contributed by atoms with Gasteiger partial charge in [0.05, 0.1) is 33.9 Å². The minimum Gasteiger partial charge on any atom is -0.492 e. The van der Waals surface area contributed by atoms with Gasteiger partial charge in [0.15, 0.2) is 5.16 Å². The first-order chi connectivity index (χ1) is 16.9. The number of aromatic nitrogens is 2. The highest BCUT2D eigenvalue weighted by Gasteiger charge is 2.18. The van der Waals surface area contributed by atoms with Gasteiger partial charge in [-0.2, -0.15) is 0 Å². The topological polar surface area (TPSA) is 116 Å². The van der Waals surface area contributed by atoms with Gasteiger partial charge in [0.25, 0.3) is 11.2 Å². The van der Waals surface area contributed by atoms with Crippen molar-refractivity contribution in [2.24, 2.45) is 0 Å². The van der Waals surface area contributed by atoms with Gasteiger partial charge < -0.3 is 10.1 Å². The van der Waals surface area contributed by atoms with E-state index in [-0.39, 0.29) is 22.9 Å². The summed E-state index contributed by atoms with van der Waals surface area (Å²) >= 11 is 1.11. The van der Waals surface area contributed by atoms with Crippen LogP contribution in [0.1, 0.15) is 12.5 Å². The fourth-order valence-corrected chi connectivity index (χ4v) is 4.36. The fraction of sp³-hybridized carbons (Fsp3) is 0.160. The lowest BCUT2D eigenvalue weighted by molar-refractivity contribution is -0.384. The number of anilines is 1. The number of fused-ring (bicyclic) bond motifs is 1. The van der Waals surface area contributed by atoms with Gasteiger partial charge in [0, 0.05) is 17.8 Å². The second-order valence-electron chi connectivity index (χ2n) is 7.55. The zero-order valence-corrected chi connectivity index (χ0v) is 19.9. The van der Waals surface area contributed by atoms with Crippen molar-refractivity contribution in [3.63, 3.8) is 0 Å². The number of nitro groups is 1. The Kier molecular flexibility index (Phi) is 7.11. The molecule has 0 aliphatic rings. The van der Waals surface area contributed by atoms with E-state index in [2.05, 4.69) is 10.3 Å². The summed E-state index contributed by atoms with van der Waals surface area (Å²) in [5, 5.41) is 14.5. The number of benzene rings is 3. The van der Waals surface area contributed by atoms with Crippen molar-refractivity contribution in [1.29, 1.82) is 0 Å². The monoisotopic (exact) mass is 490 g/mol. The smallest absolute Gasteiger partial charge is 0.269 e. The molecule has 0 radical (unpaired) electrons. The molecule has 0 fully saturated rings. The third-order valence-corrected chi connectivity index (χ3v) is 6.12. The SMILES string of the molecule is CCOc1ccccc1-n1c(SCC(=O)Nc2ccc([N+](=O)[O-])cc2C)nc2ccccc2c1=O. The molecule has 35 heavy (non-hydrogen) atoms. The van der Waals surface area contributed by atoms with Gasteiger partial charge in [-0.1, -0.05) is 36.0 Å². The summed E-state index contributed by atoms with van der Waals surface area (Å²) in [5.41, 5.74) is 1.79. The molecule has 3 aromatic carbocycles. The van der Waals surface area contributed by atoms with Crippen LogP contribution in [-0.4, -0.2) is 32.7 Å². The van der Waals surface area contributed by atoms with Crippen LogP contribution in [0.3, 0.4) is 0 Å². The van der Waals surface area contributed by atoms with E-state index < -0.39 is 4.92 Å². The minimum absolute atomic E-state index is 0.0298. The number of hydrogen-bond acceptors (Lipinski definition) is 7. The van der Waals surface area contributed by atoms with E-state index in [1.807, 2.05) is 13.0 Å². The van der Waals surface area contributed by atoms with Gasteiger partial charge >= 0.3 is 0 Å². The molecule has 10 heteroatoms. The molecular weight excluding hydrogens is 468 g/mol. The number of amides is 1. The number of non-ortho nitro benzene ring substituents is 1. The van der Waals surface area contributed by atoms with Gasteiger partial charge in [-0.05, 0) is 49.7 Å². The number of para-hydroxylation sites is 3. The molecule has 0 spiro atoms. The Balaban J connectivity index is 1.67. The molecular formula is C25H22N4O5S. The highest BCUT2D eigenvalue weighted by Crippen LogP contribution is 2.28. The minimum atomic E-state index is -0.487. The molecule has 1 N–H and O–H groups in total. The van der Waals surface area contributed by atoms with E-state index >= 15 is 0 Å². The summed E-state index contributed by atoms with van der Waals surface area (Å²) in [6.45, 7) is 3.97. The van der Waals surface area contributed by atoms with Gasteiger partial charge in [-0.25, -0.2) is 4.98 Å². The number of carbonyl (C=O) groups is 1. The molecule has 0 saturated heterocycles. The fourth-order valence-electron chi connectivity index (χ4n) is 3.56. The van der Waals surface area contributed by atoms with Crippen LogP contribution in [0.2, 0.25) is 0 Å². The van der Waals surface area contributed by atoms with Crippen molar-refractivity contribution in [2.75, 3.05) is 17.7 Å². The molecule has 178 valence electrons. The largest absolute Gasteiger partial charge is 0.492 e. The number of nitro benzene ring substituents is 1. The van der Waals surface area contributed by atoms with Crippen molar-refractivity contribution in [1.82, 2.24) is 9.55 Å². The van der Waals surface area contributed by atoms with E-state index in [1.165, 1.54) is 22.8 Å². The summed E-state index contributed by atoms with van der Waals surface area (Å²) in [5.74, 6) is 0.166. The molecule has 1 amide bonds. The molecule has 0 saturated carbocycles. The summed E-state index contributed by atoms with van der Waals surface area (Å²) in [7, 11) is 0. The van der Waals surface area contributed by atoms with Crippen LogP contribution in [-0.2, 0) is 4.79 Å². The Hall–Kier alpha value is -4.18. The number of rotatable bonds is 8. The van der Waals surface area contributed by atoms with E-state index in [4.69, 9.17) is 4.74 Å². The third kappa shape index (κ3) is 5.17. The maximum atomic E-state index is 13.5. The summed E-state index contributed by atoms with van der Waals surface area (Å²) in [6, 6.07) is 18.4. The Morgan fingerprint density at radius 2 is 1.89 bits per heavy atom. The van der Waals surface area contributed by atoms with Crippen LogP contribution < -0.4 is 15.6 Å². The second-order valence-corrected chi connectivity index (χ2v) is 8.49. The van der Waals surface area contributed by atoms with Gasteiger partial charge in [0.1, 0.15) is 5.75 Å². The maximum Gasteiger partial charge on any atom is 0.269 e. The van der Waals surface area contributed by atoms with E-state index in [0.717, 1.165) is 11.8 Å². The second kappa shape index (κ2) is 10.4. The molecule has 0 aliphatic carbocycles. The molecule has 0 atom stereocenters. The highest BCUT2D eigenvalue weighted by molar-refractivity contribution is 7.99. The zero-order chi connectivity index (χ0) is 24.9. The normalized spacial score (nSPS) is 10.8. The summed E-state index contributed by atoms with van der Waals surface area (Å²) < 4.78 is 7.19. The molecule has 9 nitrogen and oxygen atoms in total. The van der Waals surface area contributed by atoms with Gasteiger partial charge in [-0.15, -0.1) is 0 Å². The molecule has 1 heterocycles. The molecule has 0 bridgehead atoms. The van der Waals surface area contributed by atoms with Crippen molar-refractivity contribution >= 4 is 39.9 Å². The molecule has 4 aromatic rings. The average Bonchev–Trinajstić information content (AvgIpc) is 2.85. The molecule has 0 aliphatic heterocycles. The maximum absolute atomic E-state index is 13.5. The first-order valence-electron chi connectivity index (χ1n) is 10.8. The van der Waals surface area contributed by atoms with Gasteiger partial charge in [-0.3, -0.25) is 24.3 Å². The van der Waals surface area contributed by atoms with Crippen LogP contribution in [0.15, 0.2) is 76.7 Å². The first-order valence-corrected chi connectivity index (χ1v) is 11.8. The zero-order valence-electron chi connectivity index (χ0n) is 19.1. The lowest BCUT2D eigenvalue weighted by atomic mass is 10.2. The Morgan fingerprint density at radius 3 is 2.63 bits per heavy atom. The summed E-state index contributed by atoms with van der Waals surface area (Å²) in [6.07, 6.45) is 0. The number of ether oxygens (including phenoxy) is 1. The van der Waals surface area contributed by atoms with Crippen LogP contribution in [0, 0.1) is 17.0 Å². The average molecular weight is 491 g/mol. The van der Waals surface area contributed by atoms with E-state index in [1.54, 1.807) is 49.4 Å². The van der Waals surface area contributed by atoms with Gasteiger partial charge in [0.2, 0.25) is 5.91 Å². The van der Waals surface area contributed by atoms with Crippen molar-refractivity contribution in [3.8, 4) is 11.4 Å². The Morgan fingerprint density at radius 1 is 1.14 bits per heavy atom. The predicted octanol–water partition coefficient (Wildman–Crippen LogP) is 4.73. The number of hydrogen-bond donors (Lipinski definition) is 1. The predicted molar refractivity (Wildman–Crippen MR) is 136 cm³/mol. The molecule has 0 unspecified atom stereocenters. The van der Waals surface area contributed by atoms with Crippen molar-refractivity contribution < 1.29 is 14.5 Å².